The number of halogens is 1. The molecule has 0 radical (unpaired) electrons. The third-order valence-electron chi connectivity index (χ3n) is 4.35. The van der Waals surface area contributed by atoms with Gasteiger partial charge in [-0.3, -0.25) is 8.37 Å². The molecule has 2 rings (SSSR count). The molecule has 0 aromatic heterocycles. The van der Waals surface area contributed by atoms with Crippen LogP contribution < -0.4 is 0 Å². The van der Waals surface area contributed by atoms with Crippen LogP contribution in [-0.4, -0.2) is 47.4 Å². The van der Waals surface area contributed by atoms with Crippen molar-refractivity contribution in [3.05, 3.63) is 59.7 Å². The molecule has 2 aromatic rings. The predicted molar refractivity (Wildman–Crippen MR) is 120 cm³/mol. The first-order valence-electron chi connectivity index (χ1n) is 10.2. The quantitative estimate of drug-likeness (QED) is 0.503. The topological polar surface area (TPSA) is 107 Å². The number of aryl methyl sites for hydroxylation is 2. The first-order valence-corrected chi connectivity index (χ1v) is 13.0. The largest absolute Gasteiger partial charge is 0.391 e. The first-order chi connectivity index (χ1) is 14.9. The molecule has 10 heteroatoms. The average Bonchev–Trinajstić information content (AvgIpc) is 2.77. The van der Waals surface area contributed by atoms with Crippen molar-refractivity contribution in [1.82, 2.24) is 0 Å². The van der Waals surface area contributed by atoms with Crippen molar-refractivity contribution in [3.63, 3.8) is 0 Å². The SMILES string of the molecule is CCC(F)COS(=O)(=O)c1ccc(C)cc1.CCC(O)COS(=O)(=O)c1ccc(C)cc1. The molecular weight excluding hydrogens is 459 g/mol. The van der Waals surface area contributed by atoms with E-state index in [9.17, 15) is 26.3 Å². The minimum Gasteiger partial charge on any atom is -0.391 e. The molecule has 0 amide bonds. The summed E-state index contributed by atoms with van der Waals surface area (Å²) >= 11 is 0. The maximum Gasteiger partial charge on any atom is 0.297 e. The Balaban J connectivity index is 0.000000320. The Kier molecular flexibility index (Phi) is 11.5. The standard InChI is InChI=1S/C11H15FO3S.C11H16O4S/c2*1-3-10(12)8-15-16(13,14)11-6-4-9(2)5-7-11/h4-7,10H,3,8H2,1-2H3;4-7,10,12H,3,8H2,1-2H3. The number of hydrogen-bond acceptors (Lipinski definition) is 7. The molecule has 2 atom stereocenters. The zero-order valence-corrected chi connectivity index (χ0v) is 20.3. The predicted octanol–water partition coefficient (Wildman–Crippen LogP) is 3.92. The fourth-order valence-corrected chi connectivity index (χ4v) is 3.99. The van der Waals surface area contributed by atoms with Gasteiger partial charge in [-0.15, -0.1) is 0 Å². The van der Waals surface area contributed by atoms with E-state index >= 15 is 0 Å². The molecule has 32 heavy (non-hydrogen) atoms. The van der Waals surface area contributed by atoms with E-state index in [1.807, 2.05) is 13.8 Å². The maximum absolute atomic E-state index is 12.9. The monoisotopic (exact) mass is 490 g/mol. The van der Waals surface area contributed by atoms with E-state index in [0.29, 0.717) is 6.42 Å². The molecule has 0 bridgehead atoms. The van der Waals surface area contributed by atoms with Crippen molar-refractivity contribution in [2.45, 2.75) is 62.6 Å². The second-order valence-electron chi connectivity index (χ2n) is 7.17. The van der Waals surface area contributed by atoms with Crippen molar-refractivity contribution in [2.75, 3.05) is 13.2 Å². The van der Waals surface area contributed by atoms with E-state index in [2.05, 4.69) is 4.18 Å². The Hall–Kier alpha value is -1.85. The summed E-state index contributed by atoms with van der Waals surface area (Å²) in [5.74, 6) is 0. The van der Waals surface area contributed by atoms with Gasteiger partial charge in [-0.05, 0) is 51.0 Å². The number of hydrogen-bond donors (Lipinski definition) is 1. The molecule has 0 spiro atoms. The summed E-state index contributed by atoms with van der Waals surface area (Å²) in [5.41, 5.74) is 1.93. The third-order valence-corrected chi connectivity index (χ3v) is 6.94. The molecule has 2 unspecified atom stereocenters. The second kappa shape index (κ2) is 13.0. The molecule has 0 saturated heterocycles. The van der Waals surface area contributed by atoms with Gasteiger partial charge in [0.15, 0.2) is 0 Å². The van der Waals surface area contributed by atoms with Gasteiger partial charge >= 0.3 is 0 Å². The lowest BCUT2D eigenvalue weighted by atomic mass is 10.2. The molecule has 1 N–H and O–H groups in total. The van der Waals surface area contributed by atoms with Crippen LogP contribution in [0.3, 0.4) is 0 Å². The Morgan fingerprint density at radius 1 is 0.750 bits per heavy atom. The van der Waals surface area contributed by atoms with E-state index < -0.39 is 39.1 Å². The summed E-state index contributed by atoms with van der Waals surface area (Å²) in [4.78, 5) is 0.169. The summed E-state index contributed by atoms with van der Waals surface area (Å²) < 4.78 is 68.6. The normalized spacial score (nSPS) is 13.7. The highest BCUT2D eigenvalue weighted by Gasteiger charge is 2.17. The van der Waals surface area contributed by atoms with Gasteiger partial charge in [0.05, 0.1) is 29.1 Å². The van der Waals surface area contributed by atoms with E-state index in [-0.39, 0.29) is 22.8 Å². The molecular formula is C22H31FO7S2. The molecule has 0 aliphatic heterocycles. The third kappa shape index (κ3) is 9.74. The zero-order chi connectivity index (χ0) is 24.4. The van der Waals surface area contributed by atoms with Crippen molar-refractivity contribution in [3.8, 4) is 0 Å². The van der Waals surface area contributed by atoms with E-state index in [0.717, 1.165) is 11.1 Å². The lowest BCUT2D eigenvalue weighted by molar-refractivity contribution is 0.107. The highest BCUT2D eigenvalue weighted by atomic mass is 32.2. The van der Waals surface area contributed by atoms with Crippen molar-refractivity contribution in [1.29, 1.82) is 0 Å². The molecule has 7 nitrogen and oxygen atoms in total. The van der Waals surface area contributed by atoms with Crippen LogP contribution in [0.1, 0.15) is 37.8 Å². The van der Waals surface area contributed by atoms with Gasteiger partial charge < -0.3 is 5.11 Å². The van der Waals surface area contributed by atoms with Gasteiger partial charge in [-0.2, -0.15) is 16.8 Å². The summed E-state index contributed by atoms with van der Waals surface area (Å²) in [5, 5.41) is 9.22. The number of benzene rings is 2. The molecule has 0 aliphatic rings. The number of alkyl halides is 1. The summed E-state index contributed by atoms with van der Waals surface area (Å²) in [6.07, 6.45) is -1.30. The van der Waals surface area contributed by atoms with Crippen LogP contribution in [0, 0.1) is 13.8 Å². The molecule has 0 aliphatic carbocycles. The number of rotatable bonds is 10. The van der Waals surface area contributed by atoms with Crippen LogP contribution in [0.15, 0.2) is 58.3 Å². The fourth-order valence-electron chi connectivity index (χ4n) is 2.11. The highest BCUT2D eigenvalue weighted by Crippen LogP contribution is 2.15. The van der Waals surface area contributed by atoms with Crippen molar-refractivity contribution >= 4 is 20.2 Å². The van der Waals surface area contributed by atoms with Crippen molar-refractivity contribution < 1.29 is 34.7 Å². The van der Waals surface area contributed by atoms with Gasteiger partial charge in [-0.25, -0.2) is 4.39 Å². The number of aliphatic hydroxyl groups is 1. The van der Waals surface area contributed by atoms with E-state index in [1.165, 1.54) is 24.3 Å². The van der Waals surface area contributed by atoms with Gasteiger partial charge in [0.25, 0.3) is 20.2 Å². The summed E-state index contributed by atoms with van der Waals surface area (Å²) in [6, 6.07) is 12.6. The summed E-state index contributed by atoms with van der Waals surface area (Å²) in [7, 11) is -7.56. The first kappa shape index (κ1) is 28.2. The average molecular weight is 491 g/mol. The van der Waals surface area contributed by atoms with Gasteiger partial charge in [0.2, 0.25) is 0 Å². The Morgan fingerprint density at radius 3 is 1.47 bits per heavy atom. The van der Waals surface area contributed by atoms with Crippen LogP contribution >= 0.6 is 0 Å². The highest BCUT2D eigenvalue weighted by molar-refractivity contribution is 7.87. The van der Waals surface area contributed by atoms with Crippen molar-refractivity contribution in [2.24, 2.45) is 0 Å². The van der Waals surface area contributed by atoms with E-state index in [4.69, 9.17) is 4.18 Å². The lowest BCUT2D eigenvalue weighted by Gasteiger charge is -2.09. The molecule has 0 heterocycles. The van der Waals surface area contributed by atoms with Crippen LogP contribution in [0.25, 0.3) is 0 Å². The van der Waals surface area contributed by atoms with Gasteiger partial charge in [0, 0.05) is 0 Å². The van der Waals surface area contributed by atoms with Gasteiger partial charge in [0.1, 0.15) is 6.17 Å². The summed E-state index contributed by atoms with van der Waals surface area (Å²) in [6.45, 7) is 6.49. The van der Waals surface area contributed by atoms with Crippen LogP contribution in [0.2, 0.25) is 0 Å². The molecule has 0 saturated carbocycles. The van der Waals surface area contributed by atoms with Crippen LogP contribution in [0.5, 0.6) is 0 Å². The zero-order valence-electron chi connectivity index (χ0n) is 18.7. The molecule has 180 valence electrons. The smallest absolute Gasteiger partial charge is 0.297 e. The Labute approximate surface area is 190 Å². The number of aliphatic hydroxyl groups excluding tert-OH is 1. The van der Waals surface area contributed by atoms with Crippen LogP contribution in [0.4, 0.5) is 4.39 Å². The minimum atomic E-state index is -3.82. The van der Waals surface area contributed by atoms with Gasteiger partial charge in [-0.1, -0.05) is 49.2 Å². The Bertz CT molecular complexity index is 933. The Morgan fingerprint density at radius 2 is 1.12 bits per heavy atom. The minimum absolute atomic E-state index is 0.0569. The van der Waals surface area contributed by atoms with E-state index in [1.54, 1.807) is 38.1 Å². The molecule has 2 aromatic carbocycles. The maximum atomic E-state index is 12.9. The van der Waals surface area contributed by atoms with Crippen LogP contribution in [-0.2, 0) is 28.6 Å². The molecule has 0 fully saturated rings. The second-order valence-corrected chi connectivity index (χ2v) is 10.4. The fraction of sp³-hybridized carbons (Fsp3) is 0.455. The lowest BCUT2D eigenvalue weighted by Crippen LogP contribution is -2.18.